The molecule has 0 aromatic heterocycles. The highest BCUT2D eigenvalue weighted by Gasteiger charge is 2.78. The molecule has 1 N–H and O–H groups in total. The first-order valence-electron chi connectivity index (χ1n) is 15.3. The second-order valence-electron chi connectivity index (χ2n) is 13.9. The zero-order chi connectivity index (χ0) is 34.2. The molecule has 12 heteroatoms. The van der Waals surface area contributed by atoms with E-state index in [-0.39, 0.29) is 30.4 Å². The molecule has 4 aliphatic rings. The van der Waals surface area contributed by atoms with Gasteiger partial charge in [0.1, 0.15) is 6.17 Å². The number of carbonyl (C=O) groups excluding carboxylic acids is 4. The van der Waals surface area contributed by atoms with Crippen LogP contribution in [0.5, 0.6) is 0 Å². The number of hydrogen-bond donors (Lipinski definition) is 1. The van der Waals surface area contributed by atoms with E-state index in [1.54, 1.807) is 27.7 Å². The number of benzene rings is 1. The first kappa shape index (κ1) is 34.5. The summed E-state index contributed by atoms with van der Waals surface area (Å²) in [5, 5.41) is 11.0. The minimum absolute atomic E-state index is 0.0432. The maximum Gasteiger partial charge on any atom is 0.416 e. The summed E-state index contributed by atoms with van der Waals surface area (Å²) in [5.41, 5.74) is -8.39. The van der Waals surface area contributed by atoms with Crippen LogP contribution < -0.4 is 0 Å². The quantitative estimate of drug-likeness (QED) is 0.206. The van der Waals surface area contributed by atoms with Crippen LogP contribution in [0.1, 0.15) is 69.8 Å². The van der Waals surface area contributed by atoms with Crippen molar-refractivity contribution in [2.75, 3.05) is 5.75 Å². The van der Waals surface area contributed by atoms with Gasteiger partial charge in [-0.3, -0.25) is 19.2 Å². The molecule has 9 atom stereocenters. The third-order valence-electron chi connectivity index (χ3n) is 11.1. The molecule has 6 nitrogen and oxygen atoms in total. The Morgan fingerprint density at radius 1 is 1.09 bits per heavy atom. The predicted octanol–water partition coefficient (Wildman–Crippen LogP) is 6.65. The topological polar surface area (TPSA) is 97.7 Å². The number of alkyl halides is 5. The fourth-order valence-electron chi connectivity index (χ4n) is 8.66. The molecule has 0 aliphatic heterocycles. The summed E-state index contributed by atoms with van der Waals surface area (Å²) in [6.45, 7) is 7.91. The largest absolute Gasteiger partial charge is 0.449 e. The van der Waals surface area contributed by atoms with Crippen molar-refractivity contribution in [1.29, 1.82) is 0 Å². The normalized spacial score (nSPS) is 38.5. The molecule has 46 heavy (non-hydrogen) atoms. The van der Waals surface area contributed by atoms with Gasteiger partial charge >= 0.3 is 12.1 Å². The van der Waals surface area contributed by atoms with Gasteiger partial charge in [0.25, 0.3) is 0 Å². The highest BCUT2D eigenvalue weighted by molar-refractivity contribution is 8.14. The van der Waals surface area contributed by atoms with Crippen molar-refractivity contribution in [3.8, 4) is 0 Å². The number of hydrogen-bond acceptors (Lipinski definition) is 7. The van der Waals surface area contributed by atoms with Gasteiger partial charge in [-0.2, -0.15) is 13.2 Å². The fourth-order valence-corrected chi connectivity index (χ4v) is 9.78. The Morgan fingerprint density at radius 3 is 2.30 bits per heavy atom. The summed E-state index contributed by atoms with van der Waals surface area (Å²) in [6.07, 6.45) is -5.01. The van der Waals surface area contributed by atoms with Crippen molar-refractivity contribution in [3.05, 3.63) is 59.2 Å². The zero-order valence-electron chi connectivity index (χ0n) is 26.1. The monoisotopic (exact) mass is 668 g/mol. The van der Waals surface area contributed by atoms with E-state index in [0.717, 1.165) is 30.3 Å². The van der Waals surface area contributed by atoms with Gasteiger partial charge in [0.2, 0.25) is 5.12 Å². The van der Waals surface area contributed by atoms with Gasteiger partial charge in [-0.05, 0) is 62.0 Å². The van der Waals surface area contributed by atoms with Gasteiger partial charge in [0, 0.05) is 28.2 Å². The molecule has 3 saturated carbocycles. The van der Waals surface area contributed by atoms with Crippen LogP contribution in [-0.4, -0.2) is 57.1 Å². The molecule has 1 aromatic carbocycles. The summed E-state index contributed by atoms with van der Waals surface area (Å²) < 4.78 is 78.6. The maximum atomic E-state index is 17.6. The number of carbonyl (C=O) groups is 4. The van der Waals surface area contributed by atoms with E-state index in [9.17, 15) is 37.5 Å². The first-order valence-corrected chi connectivity index (χ1v) is 16.3. The highest BCUT2D eigenvalue weighted by atomic mass is 32.2. The van der Waals surface area contributed by atoms with Gasteiger partial charge < -0.3 is 9.84 Å². The third-order valence-corrected chi connectivity index (χ3v) is 12.0. The van der Waals surface area contributed by atoms with Crippen molar-refractivity contribution in [1.82, 2.24) is 0 Å². The average Bonchev–Trinajstić information content (AvgIpc) is 3.20. The Hall–Kier alpha value is -2.86. The van der Waals surface area contributed by atoms with Crippen LogP contribution in [0, 0.1) is 34.5 Å². The Balaban J connectivity index is 1.51. The molecular weight excluding hydrogens is 631 g/mol. The molecule has 0 amide bonds. The van der Waals surface area contributed by atoms with Gasteiger partial charge in [0.15, 0.2) is 22.8 Å². The first-order chi connectivity index (χ1) is 21.2. The number of Topliss-reactive ketones (excluding diaryl/α,β-unsaturated/α-hetero) is 1. The SMILES string of the molecule is CC(C)C(=O)O[C@]1(C(=O)SCC(=O)c2ccc(C(F)(F)F)cc2)[C@H](C)C[C@H]2[C@@H]3C[C@H](F)C4=CC(=O)C=C[C@]4(C)[C@@]3(F)[C@@H](O)C[C@@]21C. The minimum Gasteiger partial charge on any atom is -0.449 e. The van der Waals surface area contributed by atoms with Gasteiger partial charge in [-0.1, -0.05) is 57.7 Å². The lowest BCUT2D eigenvalue weighted by atomic mass is 9.44. The number of rotatable bonds is 6. The molecule has 250 valence electrons. The van der Waals surface area contributed by atoms with Gasteiger partial charge in [-0.25, -0.2) is 8.78 Å². The van der Waals surface area contributed by atoms with Crippen molar-refractivity contribution in [3.63, 3.8) is 0 Å². The summed E-state index contributed by atoms with van der Waals surface area (Å²) in [5.74, 6) is -5.57. The Labute approximate surface area is 268 Å². The second-order valence-corrected chi connectivity index (χ2v) is 14.8. The van der Waals surface area contributed by atoms with Gasteiger partial charge in [-0.15, -0.1) is 0 Å². The van der Waals surface area contributed by atoms with Gasteiger partial charge in [0.05, 0.1) is 23.3 Å². The molecule has 0 spiro atoms. The van der Waals surface area contributed by atoms with E-state index in [0.29, 0.717) is 11.8 Å². The van der Waals surface area contributed by atoms with Crippen molar-refractivity contribution in [2.45, 2.75) is 83.6 Å². The summed E-state index contributed by atoms with van der Waals surface area (Å²) in [7, 11) is 0. The Morgan fingerprint density at radius 2 is 1.72 bits per heavy atom. The van der Waals surface area contributed by atoms with Crippen LogP contribution >= 0.6 is 11.8 Å². The number of halogens is 5. The number of thioether (sulfide) groups is 1. The lowest BCUT2D eigenvalue weighted by Gasteiger charge is -2.63. The van der Waals surface area contributed by atoms with E-state index in [1.807, 2.05) is 0 Å². The molecule has 3 fully saturated rings. The number of aliphatic hydroxyl groups is 1. The predicted molar refractivity (Wildman–Crippen MR) is 160 cm³/mol. The highest BCUT2D eigenvalue weighted by Crippen LogP contribution is 2.72. The molecule has 4 aliphatic carbocycles. The van der Waals surface area contributed by atoms with E-state index in [2.05, 4.69) is 0 Å². The molecule has 0 bridgehead atoms. The number of esters is 1. The van der Waals surface area contributed by atoms with Crippen LogP contribution in [0.2, 0.25) is 0 Å². The lowest BCUT2D eigenvalue weighted by Crippen LogP contribution is -2.70. The van der Waals surface area contributed by atoms with Crippen molar-refractivity contribution in [2.24, 2.45) is 34.5 Å². The van der Waals surface area contributed by atoms with Crippen LogP contribution in [-0.2, 0) is 25.3 Å². The molecule has 0 unspecified atom stereocenters. The molecular formula is C34H37F5O6S. The number of allylic oxidation sites excluding steroid dienone is 4. The van der Waals surface area contributed by atoms with Crippen LogP contribution in [0.4, 0.5) is 22.0 Å². The molecule has 0 saturated heterocycles. The number of aliphatic hydroxyl groups excluding tert-OH is 1. The third kappa shape index (κ3) is 4.91. The standard InChI is InChI=1S/C34H37F5O6S/c1-17(2)28(43)45-33(29(44)46-16-26(41)19-6-8-20(9-7-19)34(37,38)39)18(3)12-22-23-14-25(35)24-13-21(40)10-11-30(24,4)32(23,36)27(42)15-31(22,33)5/h6-11,13,17-18,22-23,25,27,42H,12,14-16H2,1-5H3/t18-,22+,23+,25+,27+,30+,31+,32+,33+/m1/s1. The van der Waals surface area contributed by atoms with Crippen molar-refractivity contribution < 1.29 is 51.0 Å². The minimum atomic E-state index is -4.59. The molecule has 0 heterocycles. The van der Waals surface area contributed by atoms with E-state index >= 15 is 8.78 Å². The Bertz CT molecular complexity index is 1520. The zero-order valence-corrected chi connectivity index (χ0v) is 26.9. The second kappa shape index (κ2) is 11.4. The van der Waals surface area contributed by atoms with Crippen LogP contribution in [0.25, 0.3) is 0 Å². The fraction of sp³-hybridized carbons (Fsp3) is 0.588. The smallest absolute Gasteiger partial charge is 0.416 e. The summed E-state index contributed by atoms with van der Waals surface area (Å²) in [4.78, 5) is 52.7. The Kier molecular flexibility index (Phi) is 8.53. The number of ketones is 2. The number of fused-ring (bicyclic) bond motifs is 5. The summed E-state index contributed by atoms with van der Waals surface area (Å²) in [6, 6.07) is 3.57. The average molecular weight is 669 g/mol. The van der Waals surface area contributed by atoms with Crippen molar-refractivity contribution >= 4 is 34.4 Å². The van der Waals surface area contributed by atoms with E-state index in [4.69, 9.17) is 4.74 Å². The lowest BCUT2D eigenvalue weighted by molar-refractivity contribution is -0.229. The van der Waals surface area contributed by atoms with Crippen LogP contribution in [0.15, 0.2) is 48.1 Å². The van der Waals surface area contributed by atoms with E-state index < -0.39 is 98.2 Å². The van der Waals surface area contributed by atoms with Crippen LogP contribution in [0.3, 0.4) is 0 Å². The molecule has 0 radical (unpaired) electrons. The molecule has 1 aromatic rings. The summed E-state index contributed by atoms with van der Waals surface area (Å²) >= 11 is 0.550. The number of ether oxygens (including phenoxy) is 1. The maximum absolute atomic E-state index is 17.6. The molecule has 5 rings (SSSR count). The van der Waals surface area contributed by atoms with E-state index in [1.165, 1.54) is 19.1 Å².